The zero-order valence-electron chi connectivity index (χ0n) is 7.76. The molecule has 1 aliphatic rings. The van der Waals surface area contributed by atoms with Crippen LogP contribution in [-0.4, -0.2) is 30.5 Å². The predicted octanol–water partition coefficient (Wildman–Crippen LogP) is 1.39. The summed E-state index contributed by atoms with van der Waals surface area (Å²) >= 11 is 0. The monoisotopic (exact) mass is 159 g/mol. The summed E-state index contributed by atoms with van der Waals surface area (Å²) in [7, 11) is 1.68. The van der Waals surface area contributed by atoms with E-state index < -0.39 is 0 Å². The lowest BCUT2D eigenvalue weighted by atomic mass is 10.1. The molecule has 1 atom stereocenters. The van der Waals surface area contributed by atoms with E-state index in [0.717, 1.165) is 13.0 Å². The predicted molar refractivity (Wildman–Crippen MR) is 43.0 cm³/mol. The average molecular weight is 159 g/mol. The highest BCUT2D eigenvalue weighted by Crippen LogP contribution is 2.22. The molecule has 3 heteroatoms. The summed E-state index contributed by atoms with van der Waals surface area (Å²) in [5, 5.41) is 1.97. The summed E-state index contributed by atoms with van der Waals surface area (Å²) in [6.07, 6.45) is 0.933. The van der Waals surface area contributed by atoms with Gasteiger partial charge in [-0.1, -0.05) is 0 Å². The van der Waals surface area contributed by atoms with Crippen LogP contribution < -0.4 is 0 Å². The standard InChI is InChI=1S/C8H17NO2/c1-8(2,3)9-6-5-7(10-4)11-9/h7H,5-6H2,1-4H3/t7-/m1/s1. The maximum Gasteiger partial charge on any atom is 0.178 e. The fourth-order valence-corrected chi connectivity index (χ4v) is 1.12. The molecule has 0 unspecified atom stereocenters. The van der Waals surface area contributed by atoms with Gasteiger partial charge in [0.15, 0.2) is 6.29 Å². The second-order valence-corrected chi connectivity index (χ2v) is 3.83. The number of hydrogen-bond donors (Lipinski definition) is 0. The van der Waals surface area contributed by atoms with Crippen LogP contribution in [0.4, 0.5) is 0 Å². The van der Waals surface area contributed by atoms with Crippen LogP contribution in [0.3, 0.4) is 0 Å². The van der Waals surface area contributed by atoms with E-state index in [9.17, 15) is 0 Å². The quantitative estimate of drug-likeness (QED) is 0.577. The van der Waals surface area contributed by atoms with Crippen molar-refractivity contribution in [1.29, 1.82) is 0 Å². The Bertz CT molecular complexity index is 131. The zero-order valence-corrected chi connectivity index (χ0v) is 7.76. The van der Waals surface area contributed by atoms with Crippen molar-refractivity contribution in [2.24, 2.45) is 0 Å². The molecule has 1 rings (SSSR count). The molecule has 1 heterocycles. The van der Waals surface area contributed by atoms with E-state index in [1.54, 1.807) is 7.11 Å². The molecule has 0 N–H and O–H groups in total. The lowest BCUT2D eigenvalue weighted by Gasteiger charge is -2.29. The summed E-state index contributed by atoms with van der Waals surface area (Å²) in [6.45, 7) is 7.35. The lowest BCUT2D eigenvalue weighted by molar-refractivity contribution is -0.254. The van der Waals surface area contributed by atoms with Gasteiger partial charge in [0, 0.05) is 25.6 Å². The number of nitrogens with zero attached hydrogens (tertiary/aromatic N) is 1. The number of hydroxylamine groups is 2. The Hall–Kier alpha value is -0.120. The Morgan fingerprint density at radius 2 is 2.09 bits per heavy atom. The summed E-state index contributed by atoms with van der Waals surface area (Å²) in [4.78, 5) is 5.49. The van der Waals surface area contributed by atoms with Crippen molar-refractivity contribution in [1.82, 2.24) is 5.06 Å². The number of ether oxygens (including phenoxy) is 1. The van der Waals surface area contributed by atoms with E-state index in [-0.39, 0.29) is 11.8 Å². The van der Waals surface area contributed by atoms with E-state index in [4.69, 9.17) is 9.57 Å². The van der Waals surface area contributed by atoms with Gasteiger partial charge in [0.05, 0.1) is 0 Å². The molecule has 0 aromatic rings. The molecular formula is C8H17NO2. The van der Waals surface area contributed by atoms with Gasteiger partial charge in [0.1, 0.15) is 0 Å². The van der Waals surface area contributed by atoms with Gasteiger partial charge in [0.2, 0.25) is 0 Å². The second-order valence-electron chi connectivity index (χ2n) is 3.83. The molecule has 3 nitrogen and oxygen atoms in total. The maximum absolute atomic E-state index is 5.49. The van der Waals surface area contributed by atoms with Crippen LogP contribution in [0, 0.1) is 0 Å². The van der Waals surface area contributed by atoms with Crippen LogP contribution in [0.15, 0.2) is 0 Å². The maximum atomic E-state index is 5.49. The molecule has 0 aromatic heterocycles. The molecule has 0 aliphatic carbocycles. The minimum Gasteiger partial charge on any atom is -0.354 e. The summed E-state index contributed by atoms with van der Waals surface area (Å²) in [5.41, 5.74) is 0.0906. The summed E-state index contributed by atoms with van der Waals surface area (Å²) in [5.74, 6) is 0. The first-order chi connectivity index (χ1) is 5.04. The summed E-state index contributed by atoms with van der Waals surface area (Å²) < 4.78 is 5.07. The molecule has 0 saturated carbocycles. The van der Waals surface area contributed by atoms with Crippen molar-refractivity contribution < 1.29 is 9.57 Å². The second kappa shape index (κ2) is 3.09. The van der Waals surface area contributed by atoms with Crippen molar-refractivity contribution in [3.8, 4) is 0 Å². The van der Waals surface area contributed by atoms with Crippen LogP contribution >= 0.6 is 0 Å². The van der Waals surface area contributed by atoms with Crippen molar-refractivity contribution in [3.05, 3.63) is 0 Å². The van der Waals surface area contributed by atoms with Crippen molar-refractivity contribution in [2.75, 3.05) is 13.7 Å². The normalized spacial score (nSPS) is 27.8. The lowest BCUT2D eigenvalue weighted by Crippen LogP contribution is -2.38. The average Bonchev–Trinajstić information content (AvgIpc) is 2.32. The Morgan fingerprint density at radius 3 is 2.36 bits per heavy atom. The number of hydrogen-bond acceptors (Lipinski definition) is 3. The van der Waals surface area contributed by atoms with Gasteiger partial charge in [-0.05, 0) is 20.8 Å². The molecule has 0 bridgehead atoms. The van der Waals surface area contributed by atoms with Crippen LogP contribution in [0.2, 0.25) is 0 Å². The SMILES string of the molecule is CO[C@H]1CCN(C(C)(C)C)O1. The first-order valence-electron chi connectivity index (χ1n) is 4.01. The van der Waals surface area contributed by atoms with E-state index in [0.29, 0.717) is 0 Å². The van der Waals surface area contributed by atoms with Gasteiger partial charge in [-0.2, -0.15) is 5.06 Å². The number of rotatable bonds is 1. The van der Waals surface area contributed by atoms with Gasteiger partial charge in [-0.15, -0.1) is 0 Å². The zero-order chi connectivity index (χ0) is 8.48. The summed E-state index contributed by atoms with van der Waals surface area (Å²) in [6, 6.07) is 0. The molecule has 0 aromatic carbocycles. The molecule has 1 aliphatic heterocycles. The highest BCUT2D eigenvalue weighted by atomic mass is 16.8. The van der Waals surface area contributed by atoms with Crippen molar-refractivity contribution >= 4 is 0 Å². The smallest absolute Gasteiger partial charge is 0.178 e. The molecule has 0 amide bonds. The first kappa shape index (κ1) is 8.97. The minimum atomic E-state index is -0.0331. The highest BCUT2D eigenvalue weighted by Gasteiger charge is 2.31. The minimum absolute atomic E-state index is 0.0331. The fraction of sp³-hybridized carbons (Fsp3) is 1.00. The van der Waals surface area contributed by atoms with Crippen LogP contribution in [0.1, 0.15) is 27.2 Å². The third-order valence-electron chi connectivity index (χ3n) is 1.82. The highest BCUT2D eigenvalue weighted by molar-refractivity contribution is 4.73. The van der Waals surface area contributed by atoms with Crippen LogP contribution in [0.5, 0.6) is 0 Å². The van der Waals surface area contributed by atoms with Gasteiger partial charge in [-0.25, -0.2) is 0 Å². The molecule has 0 radical (unpaired) electrons. The number of methoxy groups -OCH3 is 1. The van der Waals surface area contributed by atoms with Crippen molar-refractivity contribution in [3.63, 3.8) is 0 Å². The Morgan fingerprint density at radius 1 is 1.45 bits per heavy atom. The van der Waals surface area contributed by atoms with Gasteiger partial charge < -0.3 is 4.74 Å². The topological polar surface area (TPSA) is 21.7 Å². The van der Waals surface area contributed by atoms with Crippen LogP contribution in [-0.2, 0) is 9.57 Å². The van der Waals surface area contributed by atoms with E-state index in [2.05, 4.69) is 20.8 Å². The molecule has 1 saturated heterocycles. The van der Waals surface area contributed by atoms with Crippen molar-refractivity contribution in [2.45, 2.75) is 39.0 Å². The van der Waals surface area contributed by atoms with E-state index >= 15 is 0 Å². The van der Waals surface area contributed by atoms with Gasteiger partial charge in [-0.3, -0.25) is 4.84 Å². The third-order valence-corrected chi connectivity index (χ3v) is 1.82. The Balaban J connectivity index is 2.42. The fourth-order valence-electron chi connectivity index (χ4n) is 1.12. The first-order valence-corrected chi connectivity index (χ1v) is 4.01. The Kier molecular flexibility index (Phi) is 2.52. The van der Waals surface area contributed by atoms with E-state index in [1.165, 1.54) is 0 Å². The molecule has 11 heavy (non-hydrogen) atoms. The molecule has 66 valence electrons. The van der Waals surface area contributed by atoms with Crippen LogP contribution in [0.25, 0.3) is 0 Å². The third kappa shape index (κ3) is 2.15. The Labute approximate surface area is 68.2 Å². The molecule has 1 fully saturated rings. The van der Waals surface area contributed by atoms with Gasteiger partial charge >= 0.3 is 0 Å². The van der Waals surface area contributed by atoms with E-state index in [1.807, 2.05) is 5.06 Å². The molecular weight excluding hydrogens is 142 g/mol. The van der Waals surface area contributed by atoms with Gasteiger partial charge in [0.25, 0.3) is 0 Å². The molecule has 0 spiro atoms. The largest absolute Gasteiger partial charge is 0.354 e.